The van der Waals surface area contributed by atoms with E-state index in [-0.39, 0.29) is 5.91 Å². The van der Waals surface area contributed by atoms with E-state index in [1.165, 1.54) is 6.21 Å². The second-order valence-electron chi connectivity index (χ2n) is 3.21. The molecule has 86 valence electrons. The maximum Gasteiger partial charge on any atom is 0.271 e. The van der Waals surface area contributed by atoms with Gasteiger partial charge in [-0.1, -0.05) is 18.2 Å². The highest BCUT2D eigenvalue weighted by Gasteiger charge is 2.01. The summed E-state index contributed by atoms with van der Waals surface area (Å²) < 4.78 is 5.81. The molecule has 0 aliphatic carbocycles. The molecule has 0 radical (unpaired) electrons. The van der Waals surface area contributed by atoms with Crippen molar-refractivity contribution in [1.82, 2.24) is 5.43 Å². The van der Waals surface area contributed by atoms with Crippen LogP contribution in [0.15, 0.2) is 56.7 Å². The van der Waals surface area contributed by atoms with Gasteiger partial charge >= 0.3 is 0 Å². The molecule has 0 unspecified atom stereocenters. The molecular weight excluding hydrogens is 284 g/mol. The summed E-state index contributed by atoms with van der Waals surface area (Å²) >= 11 is 3.17. The fourth-order valence-electron chi connectivity index (χ4n) is 1.21. The molecule has 0 saturated heterocycles. The number of hydrogen-bond donors (Lipinski definition) is 1. The van der Waals surface area contributed by atoms with Gasteiger partial charge in [0, 0.05) is 5.56 Å². The van der Waals surface area contributed by atoms with E-state index in [0.29, 0.717) is 16.0 Å². The van der Waals surface area contributed by atoms with Crippen LogP contribution in [0, 0.1) is 0 Å². The highest BCUT2D eigenvalue weighted by molar-refractivity contribution is 9.10. The fraction of sp³-hybridized carbons (Fsp3) is 0. The Morgan fingerprint density at radius 1 is 1.24 bits per heavy atom. The van der Waals surface area contributed by atoms with Crippen LogP contribution in [0.25, 0.3) is 0 Å². The van der Waals surface area contributed by atoms with Crippen LogP contribution in [-0.2, 0) is 0 Å². The molecule has 2 aromatic rings. The molecular formula is C12H9BrN2O2. The van der Waals surface area contributed by atoms with Gasteiger partial charge in [-0.05, 0) is 40.2 Å². The van der Waals surface area contributed by atoms with Gasteiger partial charge in [0.2, 0.25) is 0 Å². The summed E-state index contributed by atoms with van der Waals surface area (Å²) in [6, 6.07) is 12.4. The van der Waals surface area contributed by atoms with Crippen molar-refractivity contribution in [3.8, 4) is 0 Å². The first-order valence-electron chi connectivity index (χ1n) is 4.89. The molecule has 5 heteroatoms. The topological polar surface area (TPSA) is 54.6 Å². The van der Waals surface area contributed by atoms with E-state index in [1.807, 2.05) is 6.07 Å². The molecule has 0 fully saturated rings. The minimum absolute atomic E-state index is 0.257. The third-order valence-corrected chi connectivity index (χ3v) is 2.41. The largest absolute Gasteiger partial charge is 0.448 e. The number of rotatable bonds is 3. The van der Waals surface area contributed by atoms with Crippen molar-refractivity contribution in [3.63, 3.8) is 0 Å². The average Bonchev–Trinajstić information content (AvgIpc) is 2.76. The van der Waals surface area contributed by atoms with Crippen molar-refractivity contribution in [2.45, 2.75) is 0 Å². The molecule has 0 atom stereocenters. The number of benzene rings is 1. The smallest absolute Gasteiger partial charge is 0.271 e. The molecule has 0 aliphatic rings. The summed E-state index contributed by atoms with van der Waals surface area (Å²) in [7, 11) is 0. The Bertz CT molecular complexity index is 534. The van der Waals surface area contributed by atoms with Crippen molar-refractivity contribution in [3.05, 3.63) is 58.5 Å². The second-order valence-corrected chi connectivity index (χ2v) is 3.99. The van der Waals surface area contributed by atoms with Gasteiger partial charge < -0.3 is 4.42 Å². The Balaban J connectivity index is 1.95. The van der Waals surface area contributed by atoms with Crippen LogP contribution in [-0.4, -0.2) is 12.1 Å². The molecule has 0 aliphatic heterocycles. The summed E-state index contributed by atoms with van der Waals surface area (Å²) in [6.45, 7) is 0. The van der Waals surface area contributed by atoms with Crippen LogP contribution in [0.2, 0.25) is 0 Å². The molecule has 0 bridgehead atoms. The van der Waals surface area contributed by atoms with E-state index in [4.69, 9.17) is 4.42 Å². The quantitative estimate of drug-likeness (QED) is 0.699. The van der Waals surface area contributed by atoms with Gasteiger partial charge in [-0.15, -0.1) is 0 Å². The molecule has 0 saturated carbocycles. The zero-order valence-corrected chi connectivity index (χ0v) is 10.3. The van der Waals surface area contributed by atoms with Gasteiger partial charge in [0.05, 0.1) is 6.21 Å². The van der Waals surface area contributed by atoms with Crippen molar-refractivity contribution in [2.75, 3.05) is 0 Å². The number of nitrogens with zero attached hydrogens (tertiary/aromatic N) is 1. The lowest BCUT2D eigenvalue weighted by molar-refractivity contribution is 0.0955. The molecule has 2 rings (SSSR count). The predicted octanol–water partition coefficient (Wildman–Crippen LogP) is 2.81. The summed E-state index contributed by atoms with van der Waals surface area (Å²) in [5.74, 6) is 0.303. The lowest BCUT2D eigenvalue weighted by Gasteiger charge is -1.97. The number of amides is 1. The second kappa shape index (κ2) is 5.45. The Hall–Kier alpha value is -1.88. The number of carbonyl (C=O) groups excluding carboxylic acids is 1. The van der Waals surface area contributed by atoms with E-state index < -0.39 is 0 Å². The van der Waals surface area contributed by atoms with E-state index in [9.17, 15) is 4.79 Å². The molecule has 1 heterocycles. The summed E-state index contributed by atoms with van der Waals surface area (Å²) in [5.41, 5.74) is 2.97. The summed E-state index contributed by atoms with van der Waals surface area (Å²) in [6.07, 6.45) is 1.44. The van der Waals surface area contributed by atoms with Crippen molar-refractivity contribution in [1.29, 1.82) is 0 Å². The van der Waals surface area contributed by atoms with Crippen LogP contribution in [0.3, 0.4) is 0 Å². The SMILES string of the molecule is O=C(NN=Cc1ccc(Br)o1)c1ccccc1. The van der Waals surface area contributed by atoms with Gasteiger partial charge in [-0.25, -0.2) is 5.43 Å². The van der Waals surface area contributed by atoms with Crippen LogP contribution >= 0.6 is 15.9 Å². The maximum atomic E-state index is 11.6. The van der Waals surface area contributed by atoms with Crippen LogP contribution in [0.5, 0.6) is 0 Å². The van der Waals surface area contributed by atoms with E-state index in [2.05, 4.69) is 26.5 Å². The number of furan rings is 1. The molecule has 4 nitrogen and oxygen atoms in total. The van der Waals surface area contributed by atoms with Gasteiger partial charge in [0.25, 0.3) is 5.91 Å². The van der Waals surface area contributed by atoms with Crippen molar-refractivity contribution in [2.24, 2.45) is 5.10 Å². The van der Waals surface area contributed by atoms with Crippen molar-refractivity contribution < 1.29 is 9.21 Å². The van der Waals surface area contributed by atoms with Gasteiger partial charge in [0.1, 0.15) is 5.76 Å². The molecule has 1 amide bonds. The first-order valence-corrected chi connectivity index (χ1v) is 5.69. The van der Waals surface area contributed by atoms with Crippen LogP contribution in [0.4, 0.5) is 0 Å². The monoisotopic (exact) mass is 292 g/mol. The normalized spacial score (nSPS) is 10.6. The summed E-state index contributed by atoms with van der Waals surface area (Å²) in [5, 5.41) is 3.79. The molecule has 17 heavy (non-hydrogen) atoms. The zero-order valence-electron chi connectivity index (χ0n) is 8.76. The first-order chi connectivity index (χ1) is 8.25. The minimum Gasteiger partial charge on any atom is -0.448 e. The number of hydrogen-bond acceptors (Lipinski definition) is 3. The number of hydrazone groups is 1. The van der Waals surface area contributed by atoms with Crippen LogP contribution in [0.1, 0.15) is 16.1 Å². The Morgan fingerprint density at radius 2 is 2.00 bits per heavy atom. The summed E-state index contributed by atoms with van der Waals surface area (Å²) in [4.78, 5) is 11.6. The number of nitrogens with one attached hydrogen (secondary N) is 1. The third kappa shape index (κ3) is 3.29. The van der Waals surface area contributed by atoms with E-state index in [1.54, 1.807) is 36.4 Å². The number of halogens is 1. The highest BCUT2D eigenvalue weighted by atomic mass is 79.9. The van der Waals surface area contributed by atoms with Gasteiger partial charge in [-0.3, -0.25) is 4.79 Å². The molecule has 1 N–H and O–H groups in total. The Kier molecular flexibility index (Phi) is 3.72. The lowest BCUT2D eigenvalue weighted by Crippen LogP contribution is -2.17. The average molecular weight is 293 g/mol. The van der Waals surface area contributed by atoms with E-state index >= 15 is 0 Å². The molecule has 1 aromatic heterocycles. The molecule has 1 aromatic carbocycles. The first kappa shape index (κ1) is 11.6. The Morgan fingerprint density at radius 3 is 2.65 bits per heavy atom. The standard InChI is InChI=1S/C12H9BrN2O2/c13-11-7-6-10(17-11)8-14-15-12(16)9-4-2-1-3-5-9/h1-8H,(H,15,16). The van der Waals surface area contributed by atoms with Crippen molar-refractivity contribution >= 4 is 28.1 Å². The molecule has 0 spiro atoms. The Labute approximate surface area is 106 Å². The van der Waals surface area contributed by atoms with Gasteiger partial charge in [0.15, 0.2) is 4.67 Å². The third-order valence-electron chi connectivity index (χ3n) is 1.99. The van der Waals surface area contributed by atoms with Crippen LogP contribution < -0.4 is 5.43 Å². The van der Waals surface area contributed by atoms with Gasteiger partial charge in [-0.2, -0.15) is 5.10 Å². The van der Waals surface area contributed by atoms with E-state index in [0.717, 1.165) is 0 Å². The zero-order chi connectivity index (χ0) is 12.1. The predicted molar refractivity (Wildman–Crippen MR) is 67.9 cm³/mol. The highest BCUT2D eigenvalue weighted by Crippen LogP contribution is 2.11. The maximum absolute atomic E-state index is 11.6. The minimum atomic E-state index is -0.257. The lowest BCUT2D eigenvalue weighted by atomic mass is 10.2. The fourth-order valence-corrected chi connectivity index (χ4v) is 1.53. The number of carbonyl (C=O) groups is 1.